The molecule has 1 aromatic heterocycles. The molecular weight excluding hydrogens is 498 g/mol. The van der Waals surface area contributed by atoms with Crippen LogP contribution < -0.4 is 14.5 Å². The van der Waals surface area contributed by atoms with Crippen LogP contribution in [0, 0.1) is 0 Å². The van der Waals surface area contributed by atoms with E-state index in [9.17, 15) is 13.9 Å². The summed E-state index contributed by atoms with van der Waals surface area (Å²) in [6.45, 7) is 6.69. The normalized spacial score (nSPS) is 12.1. The highest BCUT2D eigenvalue weighted by Crippen LogP contribution is 2.53. The Hall–Kier alpha value is -2.45. The predicted molar refractivity (Wildman–Crippen MR) is 131 cm³/mol. The van der Waals surface area contributed by atoms with Crippen LogP contribution in [0.1, 0.15) is 27.7 Å². The van der Waals surface area contributed by atoms with Crippen LogP contribution in [0.2, 0.25) is 0 Å². The van der Waals surface area contributed by atoms with Crippen molar-refractivity contribution in [3.63, 3.8) is 0 Å². The molecule has 0 bridgehead atoms. The first-order valence-electron chi connectivity index (χ1n) is 11.1. The van der Waals surface area contributed by atoms with Gasteiger partial charge in [0.1, 0.15) is 28.2 Å². The smallest absolute Gasteiger partial charge is 0.456 e. The van der Waals surface area contributed by atoms with Crippen LogP contribution in [-0.2, 0) is 27.2 Å². The molecule has 0 aliphatic heterocycles. The predicted octanol–water partition coefficient (Wildman–Crippen LogP) is 6.58. The lowest BCUT2D eigenvalue weighted by atomic mass is 10.1. The zero-order valence-electron chi connectivity index (χ0n) is 19.9. The molecule has 0 saturated carbocycles. The second-order valence-electron chi connectivity index (χ2n) is 6.88. The third kappa shape index (κ3) is 6.82. The van der Waals surface area contributed by atoms with Crippen molar-refractivity contribution in [2.45, 2.75) is 27.7 Å². The Morgan fingerprint density at radius 1 is 0.743 bits per heavy atom. The van der Waals surface area contributed by atoms with E-state index in [1.807, 2.05) is 6.07 Å². The van der Waals surface area contributed by atoms with Crippen molar-refractivity contribution in [1.82, 2.24) is 0 Å². The second-order valence-corrected chi connectivity index (χ2v) is 10.1. The molecule has 3 aromatic rings. The molecular formula is C23H28O10P2. The molecule has 0 N–H and O–H groups in total. The topological polar surface area (TPSA) is 120 Å². The Kier molecular flexibility index (Phi) is 9.30. The van der Waals surface area contributed by atoms with E-state index in [0.717, 1.165) is 0 Å². The monoisotopic (exact) mass is 526 g/mol. The summed E-state index contributed by atoms with van der Waals surface area (Å²) in [5.41, 5.74) is 0.218. The second kappa shape index (κ2) is 12.0. The summed E-state index contributed by atoms with van der Waals surface area (Å²) in [6, 6.07) is 12.9. The quantitative estimate of drug-likeness (QED) is 0.226. The van der Waals surface area contributed by atoms with E-state index >= 15 is 0 Å². The summed E-state index contributed by atoms with van der Waals surface area (Å²) in [4.78, 5) is 13.1. The van der Waals surface area contributed by atoms with Gasteiger partial charge in [-0.1, -0.05) is 30.3 Å². The van der Waals surface area contributed by atoms with Gasteiger partial charge in [0.2, 0.25) is 0 Å². The van der Waals surface area contributed by atoms with E-state index < -0.39 is 21.1 Å². The number of phosphoric ester groups is 2. The maximum atomic E-state index is 13.1. The molecule has 0 atom stereocenters. The van der Waals surface area contributed by atoms with Crippen LogP contribution in [0.4, 0.5) is 0 Å². The summed E-state index contributed by atoms with van der Waals surface area (Å²) >= 11 is 0. The van der Waals surface area contributed by atoms with E-state index in [2.05, 4.69) is 0 Å². The van der Waals surface area contributed by atoms with Gasteiger partial charge in [0.25, 0.3) is 0 Å². The van der Waals surface area contributed by atoms with Crippen LogP contribution in [0.15, 0.2) is 57.7 Å². The summed E-state index contributed by atoms with van der Waals surface area (Å²) in [7, 11) is -8.10. The molecule has 0 aliphatic rings. The summed E-state index contributed by atoms with van der Waals surface area (Å²) in [5, 5.41) is -0.0284. The number of fused-ring (bicyclic) bond motifs is 1. The van der Waals surface area contributed by atoms with E-state index in [4.69, 9.17) is 31.6 Å². The van der Waals surface area contributed by atoms with Crippen molar-refractivity contribution >= 4 is 26.6 Å². The van der Waals surface area contributed by atoms with Gasteiger partial charge in [-0.05, 0) is 27.7 Å². The maximum absolute atomic E-state index is 13.1. The maximum Gasteiger partial charge on any atom is 0.530 e. The fourth-order valence-corrected chi connectivity index (χ4v) is 5.53. The number of phosphoric acid groups is 2. The van der Waals surface area contributed by atoms with Crippen LogP contribution in [0.5, 0.6) is 11.5 Å². The largest absolute Gasteiger partial charge is 0.530 e. The van der Waals surface area contributed by atoms with Crippen LogP contribution in [0.25, 0.3) is 22.3 Å². The highest BCUT2D eigenvalue weighted by atomic mass is 31.2. The van der Waals surface area contributed by atoms with Gasteiger partial charge in [-0.3, -0.25) is 22.9 Å². The SMILES string of the molecule is CCOP(=O)(OCC)Oc1cc(OP(=O)(OCC)OCC)c2c(=O)cc(-c3ccccc3)oc2c1. The van der Waals surface area contributed by atoms with Gasteiger partial charge in [-0.15, -0.1) is 0 Å². The molecule has 0 radical (unpaired) electrons. The molecule has 0 amide bonds. The summed E-state index contributed by atoms with van der Waals surface area (Å²) in [5.74, 6) is 0.0167. The van der Waals surface area contributed by atoms with Crippen LogP contribution in [0.3, 0.4) is 0 Å². The first-order valence-corrected chi connectivity index (χ1v) is 14.0. The molecule has 1 heterocycles. The first-order chi connectivity index (χ1) is 16.8. The lowest BCUT2D eigenvalue weighted by Gasteiger charge is -2.20. The van der Waals surface area contributed by atoms with Crippen LogP contribution >= 0.6 is 15.6 Å². The Morgan fingerprint density at radius 3 is 1.83 bits per heavy atom. The number of rotatable bonds is 13. The Labute approximate surface area is 203 Å². The van der Waals surface area contributed by atoms with Gasteiger partial charge in [0, 0.05) is 23.8 Å². The van der Waals surface area contributed by atoms with Gasteiger partial charge in [-0.2, -0.15) is 0 Å². The van der Waals surface area contributed by atoms with Gasteiger partial charge >= 0.3 is 15.6 Å². The molecule has 2 aromatic carbocycles. The minimum absolute atomic E-state index is 0.0284. The first kappa shape index (κ1) is 27.1. The van der Waals surface area contributed by atoms with E-state index in [-0.39, 0.29) is 54.7 Å². The molecule has 0 fully saturated rings. The Morgan fingerprint density at radius 2 is 1.29 bits per heavy atom. The number of benzene rings is 2. The van der Waals surface area contributed by atoms with Crippen LogP contribution in [-0.4, -0.2) is 26.4 Å². The van der Waals surface area contributed by atoms with E-state index in [1.54, 1.807) is 52.0 Å². The molecule has 0 aliphatic carbocycles. The highest BCUT2D eigenvalue weighted by Gasteiger charge is 2.32. The van der Waals surface area contributed by atoms with E-state index in [1.165, 1.54) is 18.2 Å². The average molecular weight is 526 g/mol. The standard InChI is InChI=1S/C23H28O10P2/c1-5-27-34(25,28-6-2)32-18-14-21-23(22(15-18)33-35(26,29-7-3)30-8-4)19(24)16-20(31-21)17-12-10-9-11-13-17/h9-16H,5-8H2,1-4H3. The van der Waals surface area contributed by atoms with Crippen molar-refractivity contribution in [3.8, 4) is 22.8 Å². The molecule has 0 saturated heterocycles. The fraction of sp³-hybridized carbons (Fsp3) is 0.348. The molecule has 10 nitrogen and oxygen atoms in total. The number of hydrogen-bond donors (Lipinski definition) is 0. The van der Waals surface area contributed by atoms with Gasteiger partial charge in [0.15, 0.2) is 5.43 Å². The van der Waals surface area contributed by atoms with Crippen molar-refractivity contribution in [1.29, 1.82) is 0 Å². The fourth-order valence-electron chi connectivity index (χ4n) is 3.16. The minimum Gasteiger partial charge on any atom is -0.456 e. The molecule has 12 heteroatoms. The van der Waals surface area contributed by atoms with Crippen molar-refractivity contribution < 1.29 is 40.7 Å². The molecule has 35 heavy (non-hydrogen) atoms. The van der Waals surface area contributed by atoms with Crippen molar-refractivity contribution in [3.05, 3.63) is 58.8 Å². The lowest BCUT2D eigenvalue weighted by Crippen LogP contribution is -2.08. The Bertz CT molecular complexity index is 1270. The number of hydrogen-bond acceptors (Lipinski definition) is 10. The van der Waals surface area contributed by atoms with E-state index in [0.29, 0.717) is 5.56 Å². The molecule has 3 rings (SSSR count). The average Bonchev–Trinajstić information content (AvgIpc) is 2.79. The van der Waals surface area contributed by atoms with Gasteiger partial charge < -0.3 is 13.5 Å². The molecule has 0 unspecified atom stereocenters. The third-order valence-electron chi connectivity index (χ3n) is 4.40. The zero-order valence-corrected chi connectivity index (χ0v) is 21.7. The van der Waals surface area contributed by atoms with Gasteiger partial charge in [0.05, 0.1) is 26.4 Å². The summed E-state index contributed by atoms with van der Waals surface area (Å²) in [6.07, 6.45) is 0. The summed E-state index contributed by atoms with van der Waals surface area (Å²) < 4.78 is 64.0. The molecule has 190 valence electrons. The van der Waals surface area contributed by atoms with Crippen molar-refractivity contribution in [2.24, 2.45) is 0 Å². The molecule has 0 spiro atoms. The minimum atomic E-state index is -4.10. The highest BCUT2D eigenvalue weighted by molar-refractivity contribution is 7.49. The van der Waals surface area contributed by atoms with Crippen molar-refractivity contribution in [2.75, 3.05) is 26.4 Å². The third-order valence-corrected chi connectivity index (χ3v) is 7.55. The zero-order chi connectivity index (χ0) is 25.5. The lowest BCUT2D eigenvalue weighted by molar-refractivity contribution is 0.166. The van der Waals surface area contributed by atoms with Gasteiger partial charge in [-0.25, -0.2) is 9.13 Å². The Balaban J connectivity index is 2.21.